The summed E-state index contributed by atoms with van der Waals surface area (Å²) in [6.07, 6.45) is -3.71. The zero-order valence-electron chi connectivity index (χ0n) is 9.98. The first-order chi connectivity index (χ1) is 9.20. The molecule has 0 bridgehead atoms. The van der Waals surface area contributed by atoms with Gasteiger partial charge in [0, 0.05) is 6.20 Å². The molecular formula is C10H8ClF3N4OS. The van der Waals surface area contributed by atoms with Gasteiger partial charge in [-0.2, -0.15) is 13.2 Å². The number of carbonyl (C=O) groups excluding carboxylic acids is 1. The Kier molecular flexibility index (Phi) is 3.83. The lowest BCUT2D eigenvalue weighted by atomic mass is 10.3. The summed E-state index contributed by atoms with van der Waals surface area (Å²) in [6, 6.07) is 0.775. The summed E-state index contributed by atoms with van der Waals surface area (Å²) in [7, 11) is 0. The van der Waals surface area contributed by atoms with E-state index in [9.17, 15) is 18.0 Å². The van der Waals surface area contributed by atoms with Crippen LogP contribution in [-0.4, -0.2) is 25.8 Å². The van der Waals surface area contributed by atoms with Crippen LogP contribution in [0, 0.1) is 0 Å². The zero-order valence-corrected chi connectivity index (χ0v) is 11.6. The second-order valence-electron chi connectivity index (χ2n) is 3.91. The van der Waals surface area contributed by atoms with Gasteiger partial charge >= 0.3 is 6.18 Å². The van der Waals surface area contributed by atoms with E-state index in [4.69, 9.17) is 17.3 Å². The van der Waals surface area contributed by atoms with E-state index < -0.39 is 22.9 Å². The molecule has 0 aliphatic carbocycles. The number of thioether (sulfide) groups is 1. The molecule has 0 radical (unpaired) electrons. The standard InChI is InChI=1S/C10H8ClF3N4OS/c1-4(7(15)19)20-9-17-16-8-6(11)2-5(3-18(8)9)10(12,13)14/h2-4H,1H3,(H2,15,19)/t4-/m0/s1. The minimum absolute atomic E-state index is 0.0823. The van der Waals surface area contributed by atoms with E-state index in [1.54, 1.807) is 0 Å². The van der Waals surface area contributed by atoms with Crippen molar-refractivity contribution in [2.45, 2.75) is 23.5 Å². The van der Waals surface area contributed by atoms with Crippen molar-refractivity contribution in [3.05, 3.63) is 22.8 Å². The molecule has 0 aliphatic heterocycles. The number of amides is 1. The second kappa shape index (κ2) is 5.13. The molecule has 2 rings (SSSR count). The summed E-state index contributed by atoms with van der Waals surface area (Å²) >= 11 is 6.66. The smallest absolute Gasteiger partial charge is 0.369 e. The van der Waals surface area contributed by atoms with Gasteiger partial charge in [-0.25, -0.2) is 0 Å². The van der Waals surface area contributed by atoms with E-state index >= 15 is 0 Å². The van der Waals surface area contributed by atoms with E-state index in [0.717, 1.165) is 28.4 Å². The molecule has 2 N–H and O–H groups in total. The van der Waals surface area contributed by atoms with Crippen molar-refractivity contribution in [3.8, 4) is 0 Å². The summed E-state index contributed by atoms with van der Waals surface area (Å²) < 4.78 is 39.3. The van der Waals surface area contributed by atoms with Gasteiger partial charge in [-0.3, -0.25) is 9.20 Å². The van der Waals surface area contributed by atoms with Crippen LogP contribution in [0.25, 0.3) is 5.65 Å². The minimum Gasteiger partial charge on any atom is -0.369 e. The lowest BCUT2D eigenvalue weighted by Crippen LogP contribution is -2.22. The topological polar surface area (TPSA) is 73.3 Å². The predicted molar refractivity (Wildman–Crippen MR) is 67.5 cm³/mol. The maximum atomic E-state index is 12.7. The van der Waals surface area contributed by atoms with Crippen LogP contribution in [0.15, 0.2) is 17.4 Å². The van der Waals surface area contributed by atoms with E-state index in [0.29, 0.717) is 0 Å². The molecule has 5 nitrogen and oxygen atoms in total. The van der Waals surface area contributed by atoms with Crippen molar-refractivity contribution in [2.75, 3.05) is 0 Å². The highest BCUT2D eigenvalue weighted by Crippen LogP contribution is 2.33. The Morgan fingerprint density at radius 1 is 1.50 bits per heavy atom. The average Bonchev–Trinajstić information content (AvgIpc) is 2.71. The number of nitrogens with two attached hydrogens (primary N) is 1. The van der Waals surface area contributed by atoms with E-state index in [1.165, 1.54) is 6.92 Å². The average molecular weight is 325 g/mol. The third-order valence-corrected chi connectivity index (χ3v) is 3.79. The molecular weight excluding hydrogens is 317 g/mol. The van der Waals surface area contributed by atoms with Crippen LogP contribution in [0.4, 0.5) is 13.2 Å². The highest BCUT2D eigenvalue weighted by atomic mass is 35.5. The van der Waals surface area contributed by atoms with Crippen LogP contribution in [0.1, 0.15) is 12.5 Å². The van der Waals surface area contributed by atoms with Gasteiger partial charge in [0.05, 0.1) is 15.8 Å². The minimum atomic E-state index is -4.54. The van der Waals surface area contributed by atoms with Gasteiger partial charge in [0.2, 0.25) is 5.91 Å². The highest BCUT2D eigenvalue weighted by molar-refractivity contribution is 8.00. The molecule has 0 aliphatic rings. The Bertz CT molecular complexity index is 672. The van der Waals surface area contributed by atoms with Gasteiger partial charge in [0.1, 0.15) is 0 Å². The molecule has 0 unspecified atom stereocenters. The second-order valence-corrected chi connectivity index (χ2v) is 5.63. The SMILES string of the molecule is C[C@H](Sc1nnc2c(Cl)cc(C(F)(F)F)cn12)C(N)=O. The third-order valence-electron chi connectivity index (χ3n) is 2.44. The zero-order chi connectivity index (χ0) is 15.1. The Morgan fingerprint density at radius 3 is 2.70 bits per heavy atom. The number of primary amides is 1. The lowest BCUT2D eigenvalue weighted by molar-refractivity contribution is -0.137. The van der Waals surface area contributed by atoms with Crippen molar-refractivity contribution < 1.29 is 18.0 Å². The largest absolute Gasteiger partial charge is 0.417 e. The first-order valence-electron chi connectivity index (χ1n) is 5.27. The Balaban J connectivity index is 2.53. The molecule has 0 spiro atoms. The van der Waals surface area contributed by atoms with Crippen molar-refractivity contribution in [3.63, 3.8) is 0 Å². The summed E-state index contributed by atoms with van der Waals surface area (Å²) in [6.45, 7) is 1.52. The fraction of sp³-hybridized carbons (Fsp3) is 0.300. The number of halogens is 4. The normalized spacial score (nSPS) is 13.7. The molecule has 2 aromatic rings. The first-order valence-corrected chi connectivity index (χ1v) is 6.53. The fourth-order valence-electron chi connectivity index (χ4n) is 1.39. The van der Waals surface area contributed by atoms with Crippen LogP contribution >= 0.6 is 23.4 Å². The number of hydrogen-bond acceptors (Lipinski definition) is 4. The molecule has 0 saturated carbocycles. The number of fused-ring (bicyclic) bond motifs is 1. The van der Waals surface area contributed by atoms with Crippen LogP contribution in [0.3, 0.4) is 0 Å². The van der Waals surface area contributed by atoms with Crippen LogP contribution in [0.5, 0.6) is 0 Å². The number of alkyl halides is 3. The molecule has 1 atom stereocenters. The molecule has 108 valence electrons. The van der Waals surface area contributed by atoms with Crippen LogP contribution in [0.2, 0.25) is 5.02 Å². The monoisotopic (exact) mass is 324 g/mol. The Hall–Kier alpha value is -1.48. The predicted octanol–water partition coefficient (Wildman–Crippen LogP) is 2.37. The molecule has 10 heteroatoms. The Morgan fingerprint density at radius 2 is 2.15 bits per heavy atom. The van der Waals surface area contributed by atoms with Gasteiger partial charge in [-0.15, -0.1) is 10.2 Å². The molecule has 0 saturated heterocycles. The molecule has 20 heavy (non-hydrogen) atoms. The maximum absolute atomic E-state index is 12.7. The molecule has 2 aromatic heterocycles. The number of carbonyl (C=O) groups is 1. The van der Waals surface area contributed by atoms with Crippen LogP contribution < -0.4 is 5.73 Å². The van der Waals surface area contributed by atoms with Crippen LogP contribution in [-0.2, 0) is 11.0 Å². The summed E-state index contributed by atoms with van der Waals surface area (Å²) in [5.74, 6) is -0.607. The molecule has 0 fully saturated rings. The van der Waals surface area contributed by atoms with E-state index in [-0.39, 0.29) is 15.8 Å². The number of pyridine rings is 1. The first kappa shape index (κ1) is 14.9. The lowest BCUT2D eigenvalue weighted by Gasteiger charge is -2.09. The summed E-state index contributed by atoms with van der Waals surface area (Å²) in [5.41, 5.74) is 4.26. The number of aromatic nitrogens is 3. The fourth-order valence-corrected chi connectivity index (χ4v) is 2.40. The summed E-state index contributed by atoms with van der Waals surface area (Å²) in [4.78, 5) is 11.0. The maximum Gasteiger partial charge on any atom is 0.417 e. The summed E-state index contributed by atoms with van der Waals surface area (Å²) in [5, 5.41) is 6.69. The van der Waals surface area contributed by atoms with Gasteiger partial charge in [-0.05, 0) is 13.0 Å². The van der Waals surface area contributed by atoms with Crippen molar-refractivity contribution in [1.29, 1.82) is 0 Å². The number of nitrogens with zero attached hydrogens (tertiary/aromatic N) is 3. The number of hydrogen-bond donors (Lipinski definition) is 1. The number of rotatable bonds is 3. The third kappa shape index (κ3) is 2.83. The quantitative estimate of drug-likeness (QED) is 0.880. The van der Waals surface area contributed by atoms with Gasteiger partial charge in [0.15, 0.2) is 10.8 Å². The van der Waals surface area contributed by atoms with Gasteiger partial charge in [-0.1, -0.05) is 23.4 Å². The van der Waals surface area contributed by atoms with Crippen molar-refractivity contribution in [1.82, 2.24) is 14.6 Å². The molecule has 0 aromatic carbocycles. The van der Waals surface area contributed by atoms with E-state index in [2.05, 4.69) is 10.2 Å². The van der Waals surface area contributed by atoms with Crippen molar-refractivity contribution in [2.24, 2.45) is 5.73 Å². The van der Waals surface area contributed by atoms with Gasteiger partial charge < -0.3 is 5.73 Å². The highest BCUT2D eigenvalue weighted by Gasteiger charge is 2.32. The van der Waals surface area contributed by atoms with Crippen molar-refractivity contribution >= 4 is 34.9 Å². The molecule has 1 amide bonds. The van der Waals surface area contributed by atoms with E-state index in [1.807, 2.05) is 0 Å². The Labute approximate surface area is 120 Å². The molecule has 2 heterocycles. The van der Waals surface area contributed by atoms with Gasteiger partial charge in [0.25, 0.3) is 0 Å².